The first-order chi connectivity index (χ1) is 14.5. The molecule has 0 saturated carbocycles. The fourth-order valence-electron chi connectivity index (χ4n) is 3.15. The molecule has 0 heterocycles. The number of carboxylic acid groups (broad SMARTS) is 1. The average molecular weight is 407 g/mol. The van der Waals surface area contributed by atoms with Crippen LogP contribution in [0, 0.1) is 11.7 Å². The number of para-hydroxylation sites is 1. The molecular weight excluding hydrogens is 385 g/mol. The minimum atomic E-state index is -1.23. The van der Waals surface area contributed by atoms with E-state index in [-0.39, 0.29) is 12.2 Å². The molecule has 1 amide bonds. The molecule has 0 bridgehead atoms. The van der Waals surface area contributed by atoms with Crippen molar-refractivity contribution in [2.45, 2.75) is 13.3 Å². The number of nitrogens with zero attached hydrogens (tertiary/aromatic N) is 1. The van der Waals surface area contributed by atoms with Crippen molar-refractivity contribution in [3.8, 4) is 11.5 Å². The Hall–Kier alpha value is -3.67. The van der Waals surface area contributed by atoms with Gasteiger partial charge in [0, 0.05) is 12.2 Å². The number of halogens is 1. The molecule has 0 aliphatic carbocycles. The Morgan fingerprint density at radius 3 is 2.30 bits per heavy atom. The van der Waals surface area contributed by atoms with Crippen molar-refractivity contribution in [2.24, 2.45) is 5.92 Å². The lowest BCUT2D eigenvalue weighted by Crippen LogP contribution is -2.40. The minimum absolute atomic E-state index is 0.0259. The summed E-state index contributed by atoms with van der Waals surface area (Å²) in [6.45, 7) is 2.17. The highest BCUT2D eigenvalue weighted by Crippen LogP contribution is 2.25. The van der Waals surface area contributed by atoms with Gasteiger partial charge in [-0.05, 0) is 67.4 Å². The van der Waals surface area contributed by atoms with E-state index in [0.717, 1.165) is 0 Å². The molecule has 0 saturated heterocycles. The molecular formula is C24H22FNO4. The highest BCUT2D eigenvalue weighted by atomic mass is 19.1. The van der Waals surface area contributed by atoms with Crippen molar-refractivity contribution in [1.82, 2.24) is 0 Å². The van der Waals surface area contributed by atoms with Gasteiger partial charge in [-0.15, -0.1) is 0 Å². The summed E-state index contributed by atoms with van der Waals surface area (Å²) in [4.78, 5) is 26.4. The largest absolute Gasteiger partial charge is 0.481 e. The molecule has 3 rings (SSSR count). The van der Waals surface area contributed by atoms with Gasteiger partial charge in [0.05, 0.1) is 0 Å². The summed E-state index contributed by atoms with van der Waals surface area (Å²) in [7, 11) is 0. The minimum Gasteiger partial charge on any atom is -0.481 e. The summed E-state index contributed by atoms with van der Waals surface area (Å²) in [6, 6.07) is 21.5. The van der Waals surface area contributed by atoms with Gasteiger partial charge < -0.3 is 14.7 Å². The van der Waals surface area contributed by atoms with E-state index >= 15 is 0 Å². The quantitative estimate of drug-likeness (QED) is 0.539. The lowest BCUT2D eigenvalue weighted by Gasteiger charge is -2.24. The lowest BCUT2D eigenvalue weighted by atomic mass is 9.97. The molecule has 0 spiro atoms. The summed E-state index contributed by atoms with van der Waals surface area (Å²) in [5.41, 5.74) is 1.31. The molecule has 0 aliphatic heterocycles. The molecule has 1 atom stereocenters. The van der Waals surface area contributed by atoms with Crippen LogP contribution >= 0.6 is 0 Å². The predicted molar refractivity (Wildman–Crippen MR) is 112 cm³/mol. The predicted octanol–water partition coefficient (Wildman–Crippen LogP) is 4.91. The molecule has 6 heteroatoms. The van der Waals surface area contributed by atoms with Crippen LogP contribution in [0.25, 0.3) is 0 Å². The smallest absolute Gasteiger partial charge is 0.316 e. The average Bonchev–Trinajstić information content (AvgIpc) is 2.75. The molecule has 0 aliphatic rings. The Bertz CT molecular complexity index is 1010. The fraction of sp³-hybridized carbons (Fsp3) is 0.167. The summed E-state index contributed by atoms with van der Waals surface area (Å²) in [5.74, 6) is -2.31. The van der Waals surface area contributed by atoms with E-state index in [0.29, 0.717) is 29.3 Å². The van der Waals surface area contributed by atoms with Gasteiger partial charge >= 0.3 is 5.97 Å². The summed E-state index contributed by atoms with van der Waals surface area (Å²) < 4.78 is 18.8. The fourth-order valence-corrected chi connectivity index (χ4v) is 3.15. The molecule has 5 nitrogen and oxygen atoms in total. The van der Waals surface area contributed by atoms with E-state index in [1.54, 1.807) is 55.5 Å². The van der Waals surface area contributed by atoms with Crippen LogP contribution in [0.1, 0.15) is 12.5 Å². The van der Waals surface area contributed by atoms with Crippen molar-refractivity contribution < 1.29 is 23.8 Å². The van der Waals surface area contributed by atoms with E-state index < -0.39 is 17.8 Å². The number of hydrogen-bond acceptors (Lipinski definition) is 3. The van der Waals surface area contributed by atoms with Crippen LogP contribution in [-0.4, -0.2) is 23.5 Å². The van der Waals surface area contributed by atoms with Gasteiger partial charge in [0.2, 0.25) is 5.91 Å². The number of rotatable bonds is 8. The van der Waals surface area contributed by atoms with Gasteiger partial charge in [-0.1, -0.05) is 30.3 Å². The van der Waals surface area contributed by atoms with E-state index in [1.807, 2.05) is 6.07 Å². The van der Waals surface area contributed by atoms with Gasteiger partial charge in [-0.3, -0.25) is 9.59 Å². The third-order valence-corrected chi connectivity index (χ3v) is 4.63. The van der Waals surface area contributed by atoms with Crippen LogP contribution in [0.3, 0.4) is 0 Å². The normalized spacial score (nSPS) is 11.5. The first-order valence-corrected chi connectivity index (χ1v) is 9.59. The number of benzene rings is 3. The Labute approximate surface area is 174 Å². The zero-order chi connectivity index (χ0) is 21.5. The standard InChI is InChI=1S/C24H22FNO4/c1-2-26(19-8-4-3-5-9-19)23(27)22(24(28)29)16-17-7-6-10-21(15-17)30-20-13-11-18(25)12-14-20/h3-15,22H,2,16H2,1H3,(H,28,29). The Morgan fingerprint density at radius 1 is 0.967 bits per heavy atom. The van der Waals surface area contributed by atoms with Crippen LogP contribution in [0.15, 0.2) is 78.9 Å². The lowest BCUT2D eigenvalue weighted by molar-refractivity contribution is -0.146. The maximum atomic E-state index is 13.1. The maximum Gasteiger partial charge on any atom is 0.316 e. The van der Waals surface area contributed by atoms with Crippen molar-refractivity contribution in [1.29, 1.82) is 0 Å². The van der Waals surface area contributed by atoms with Gasteiger partial charge in [-0.2, -0.15) is 0 Å². The molecule has 0 fully saturated rings. The molecule has 3 aromatic carbocycles. The Morgan fingerprint density at radius 2 is 1.67 bits per heavy atom. The SMILES string of the molecule is CCN(C(=O)C(Cc1cccc(Oc2ccc(F)cc2)c1)C(=O)O)c1ccccc1. The van der Waals surface area contributed by atoms with Crippen molar-refractivity contribution in [2.75, 3.05) is 11.4 Å². The Kier molecular flexibility index (Phi) is 6.80. The number of anilines is 1. The number of hydrogen-bond donors (Lipinski definition) is 1. The second-order valence-electron chi connectivity index (χ2n) is 6.72. The van der Waals surface area contributed by atoms with Crippen LogP contribution in [-0.2, 0) is 16.0 Å². The van der Waals surface area contributed by atoms with Crippen molar-refractivity contribution >= 4 is 17.6 Å². The van der Waals surface area contributed by atoms with E-state index in [1.165, 1.54) is 29.2 Å². The third kappa shape index (κ3) is 5.23. The summed E-state index contributed by atoms with van der Waals surface area (Å²) in [5, 5.41) is 9.71. The van der Waals surface area contributed by atoms with Gasteiger partial charge in [0.25, 0.3) is 0 Å². The first-order valence-electron chi connectivity index (χ1n) is 9.59. The first kappa shape index (κ1) is 21.0. The van der Waals surface area contributed by atoms with E-state index in [9.17, 15) is 19.1 Å². The van der Waals surface area contributed by atoms with Gasteiger partial charge in [0.15, 0.2) is 0 Å². The molecule has 0 aromatic heterocycles. The highest BCUT2D eigenvalue weighted by molar-refractivity contribution is 6.05. The maximum absolute atomic E-state index is 13.1. The van der Waals surface area contributed by atoms with Crippen molar-refractivity contribution in [3.63, 3.8) is 0 Å². The van der Waals surface area contributed by atoms with E-state index in [4.69, 9.17) is 4.74 Å². The number of carbonyl (C=O) groups is 2. The van der Waals surface area contributed by atoms with Gasteiger partial charge in [-0.25, -0.2) is 4.39 Å². The Balaban J connectivity index is 1.78. The molecule has 3 aromatic rings. The zero-order valence-corrected chi connectivity index (χ0v) is 16.5. The van der Waals surface area contributed by atoms with E-state index in [2.05, 4.69) is 0 Å². The highest BCUT2D eigenvalue weighted by Gasteiger charge is 2.31. The topological polar surface area (TPSA) is 66.8 Å². The van der Waals surface area contributed by atoms with Crippen LogP contribution in [0.2, 0.25) is 0 Å². The molecule has 1 N–H and O–H groups in total. The molecule has 1 unspecified atom stereocenters. The second kappa shape index (κ2) is 9.69. The van der Waals surface area contributed by atoms with Crippen LogP contribution in [0.5, 0.6) is 11.5 Å². The van der Waals surface area contributed by atoms with Crippen LogP contribution < -0.4 is 9.64 Å². The summed E-state index contributed by atoms with van der Waals surface area (Å²) >= 11 is 0. The number of carboxylic acids is 1. The second-order valence-corrected chi connectivity index (χ2v) is 6.72. The number of aliphatic carboxylic acids is 1. The number of ether oxygens (including phenoxy) is 1. The van der Waals surface area contributed by atoms with Crippen LogP contribution in [0.4, 0.5) is 10.1 Å². The third-order valence-electron chi connectivity index (χ3n) is 4.63. The monoisotopic (exact) mass is 407 g/mol. The zero-order valence-electron chi connectivity index (χ0n) is 16.5. The van der Waals surface area contributed by atoms with Gasteiger partial charge in [0.1, 0.15) is 23.2 Å². The molecule has 154 valence electrons. The molecule has 30 heavy (non-hydrogen) atoms. The number of carbonyl (C=O) groups excluding carboxylic acids is 1. The number of amides is 1. The molecule has 0 radical (unpaired) electrons. The summed E-state index contributed by atoms with van der Waals surface area (Å²) in [6.07, 6.45) is 0.0259. The van der Waals surface area contributed by atoms with Crippen molar-refractivity contribution in [3.05, 3.63) is 90.2 Å².